The highest BCUT2D eigenvalue weighted by atomic mass is 16.5. The van der Waals surface area contributed by atoms with Gasteiger partial charge in [-0.05, 0) is 12.8 Å². The van der Waals surface area contributed by atoms with E-state index in [1.54, 1.807) is 12.2 Å². The molecule has 0 saturated carbocycles. The fourth-order valence-corrected chi connectivity index (χ4v) is 2.65. The molecule has 1 atom stereocenters. The maximum atomic E-state index is 10.0. The molecule has 1 N–H and O–H groups in total. The number of hydrogen-bond acceptors (Lipinski definition) is 4. The lowest BCUT2D eigenvalue weighted by atomic mass is 9.84. The van der Waals surface area contributed by atoms with Gasteiger partial charge in [0.1, 0.15) is 0 Å². The molecule has 0 aromatic rings. The number of hydrogen-bond donors (Lipinski definition) is 1. The Balaban J connectivity index is 4.99. The summed E-state index contributed by atoms with van der Waals surface area (Å²) in [5.74, 6) is 0. The van der Waals surface area contributed by atoms with Gasteiger partial charge in [-0.2, -0.15) is 0 Å². The first kappa shape index (κ1) is 23.5. The molecule has 0 aliphatic heterocycles. The van der Waals surface area contributed by atoms with Crippen molar-refractivity contribution in [1.82, 2.24) is 4.90 Å². The van der Waals surface area contributed by atoms with Crippen molar-refractivity contribution in [1.29, 1.82) is 0 Å². The Kier molecular flexibility index (Phi) is 14.0. The van der Waals surface area contributed by atoms with Crippen LogP contribution in [0.4, 0.5) is 0 Å². The molecule has 0 aliphatic rings. The predicted octanol–water partition coefficient (Wildman–Crippen LogP) is 3.38. The Morgan fingerprint density at radius 3 is 1.76 bits per heavy atom. The molecule has 142 valence electrons. The average Bonchev–Trinajstić information content (AvgIpc) is 2.62. The molecule has 0 saturated heterocycles. The Morgan fingerprint density at radius 2 is 1.40 bits per heavy atom. The number of aliphatic hydroxyl groups is 1. The molecule has 0 spiro atoms. The SMILES string of the molecule is C=CCOCC(CO)(CCC(C=C)N(CC=C)CC=C)COCC=C. The smallest absolute Gasteiger partial charge is 0.0645 e. The van der Waals surface area contributed by atoms with Crippen LogP contribution in [0.2, 0.25) is 0 Å². The first-order chi connectivity index (χ1) is 12.1. The lowest BCUT2D eigenvalue weighted by Gasteiger charge is -2.34. The van der Waals surface area contributed by atoms with Crippen molar-refractivity contribution in [3.8, 4) is 0 Å². The molecule has 0 heterocycles. The molecule has 0 aromatic heterocycles. The van der Waals surface area contributed by atoms with Gasteiger partial charge in [-0.3, -0.25) is 4.90 Å². The third kappa shape index (κ3) is 9.56. The van der Waals surface area contributed by atoms with Gasteiger partial charge in [0.2, 0.25) is 0 Å². The highest BCUT2D eigenvalue weighted by molar-refractivity contribution is 4.95. The molecule has 1 unspecified atom stereocenters. The van der Waals surface area contributed by atoms with Gasteiger partial charge in [0, 0.05) is 24.5 Å². The Bertz CT molecular complexity index is 382. The van der Waals surface area contributed by atoms with Gasteiger partial charge in [0.15, 0.2) is 0 Å². The molecule has 0 radical (unpaired) electrons. The van der Waals surface area contributed by atoms with E-state index in [9.17, 15) is 5.11 Å². The summed E-state index contributed by atoms with van der Waals surface area (Å²) in [5.41, 5.74) is -0.457. The second kappa shape index (κ2) is 14.8. The van der Waals surface area contributed by atoms with Crippen LogP contribution in [-0.4, -0.2) is 62.2 Å². The number of aliphatic hydroxyl groups excluding tert-OH is 1. The largest absolute Gasteiger partial charge is 0.396 e. The van der Waals surface area contributed by atoms with Crippen molar-refractivity contribution >= 4 is 0 Å². The average molecular weight is 350 g/mol. The molecule has 0 amide bonds. The standard InChI is InChI=1S/C21H35NO3/c1-6-13-22(14-7-2)20(10-5)11-12-21(17-23,18-24-15-8-3)19-25-16-9-4/h6-10,20,23H,1-5,11-19H2. The monoisotopic (exact) mass is 349 g/mol. The summed E-state index contributed by atoms with van der Waals surface area (Å²) in [6, 6.07) is 0.167. The van der Waals surface area contributed by atoms with E-state index < -0.39 is 5.41 Å². The zero-order valence-electron chi connectivity index (χ0n) is 15.6. The fraction of sp³-hybridized carbons (Fsp3) is 0.524. The summed E-state index contributed by atoms with van der Waals surface area (Å²) in [6.07, 6.45) is 10.7. The summed E-state index contributed by atoms with van der Waals surface area (Å²) in [6.45, 7) is 22.2. The van der Waals surface area contributed by atoms with E-state index in [0.717, 1.165) is 25.9 Å². The first-order valence-corrected chi connectivity index (χ1v) is 8.69. The molecule has 0 aromatic carbocycles. The molecular weight excluding hydrogens is 314 g/mol. The van der Waals surface area contributed by atoms with Gasteiger partial charge in [-0.15, -0.1) is 32.9 Å². The first-order valence-electron chi connectivity index (χ1n) is 8.69. The van der Waals surface area contributed by atoms with E-state index in [2.05, 4.69) is 37.8 Å². The van der Waals surface area contributed by atoms with E-state index in [0.29, 0.717) is 26.4 Å². The molecule has 25 heavy (non-hydrogen) atoms. The number of ether oxygens (including phenoxy) is 2. The molecule has 0 rings (SSSR count). The molecule has 4 nitrogen and oxygen atoms in total. The quantitative estimate of drug-likeness (QED) is 0.304. The van der Waals surface area contributed by atoms with Crippen LogP contribution in [0.1, 0.15) is 12.8 Å². The minimum Gasteiger partial charge on any atom is -0.396 e. The van der Waals surface area contributed by atoms with E-state index in [1.807, 2.05) is 18.2 Å². The maximum absolute atomic E-state index is 10.0. The van der Waals surface area contributed by atoms with Gasteiger partial charge >= 0.3 is 0 Å². The van der Waals surface area contributed by atoms with Gasteiger partial charge in [0.25, 0.3) is 0 Å². The molecule has 0 fully saturated rings. The van der Waals surface area contributed by atoms with Crippen molar-refractivity contribution in [2.75, 3.05) is 46.1 Å². The Hall–Kier alpha value is -1.46. The van der Waals surface area contributed by atoms with Crippen molar-refractivity contribution in [2.45, 2.75) is 18.9 Å². The third-order valence-corrected chi connectivity index (χ3v) is 4.06. The summed E-state index contributed by atoms with van der Waals surface area (Å²) >= 11 is 0. The van der Waals surface area contributed by atoms with Crippen molar-refractivity contribution in [2.24, 2.45) is 5.41 Å². The molecule has 0 bridgehead atoms. The number of nitrogens with zero attached hydrogens (tertiary/aromatic N) is 1. The second-order valence-corrected chi connectivity index (χ2v) is 6.14. The van der Waals surface area contributed by atoms with Crippen molar-refractivity contribution < 1.29 is 14.6 Å². The van der Waals surface area contributed by atoms with Crippen LogP contribution >= 0.6 is 0 Å². The predicted molar refractivity (Wildman–Crippen MR) is 107 cm³/mol. The summed E-state index contributed by atoms with van der Waals surface area (Å²) in [5, 5.41) is 10.0. The minimum absolute atomic E-state index is 0.00589. The van der Waals surface area contributed by atoms with Crippen molar-refractivity contribution in [3.05, 3.63) is 63.3 Å². The topological polar surface area (TPSA) is 41.9 Å². The zero-order chi connectivity index (χ0) is 19.0. The van der Waals surface area contributed by atoms with Crippen molar-refractivity contribution in [3.63, 3.8) is 0 Å². The van der Waals surface area contributed by atoms with Crippen LogP contribution in [0.5, 0.6) is 0 Å². The van der Waals surface area contributed by atoms with Crippen LogP contribution in [0.3, 0.4) is 0 Å². The van der Waals surface area contributed by atoms with Gasteiger partial charge in [-0.1, -0.05) is 30.4 Å². The minimum atomic E-state index is -0.457. The summed E-state index contributed by atoms with van der Waals surface area (Å²) in [4.78, 5) is 2.24. The van der Waals surface area contributed by atoms with Gasteiger partial charge < -0.3 is 14.6 Å². The molecule has 0 aliphatic carbocycles. The maximum Gasteiger partial charge on any atom is 0.0645 e. The van der Waals surface area contributed by atoms with Crippen LogP contribution in [-0.2, 0) is 9.47 Å². The lowest BCUT2D eigenvalue weighted by molar-refractivity contribution is -0.0481. The van der Waals surface area contributed by atoms with Crippen LogP contribution in [0, 0.1) is 5.41 Å². The van der Waals surface area contributed by atoms with Crippen LogP contribution in [0.15, 0.2) is 63.3 Å². The highest BCUT2D eigenvalue weighted by Crippen LogP contribution is 2.27. The highest BCUT2D eigenvalue weighted by Gasteiger charge is 2.31. The summed E-state index contributed by atoms with van der Waals surface area (Å²) in [7, 11) is 0. The van der Waals surface area contributed by atoms with E-state index in [4.69, 9.17) is 9.47 Å². The van der Waals surface area contributed by atoms with Crippen LogP contribution in [0.25, 0.3) is 0 Å². The van der Waals surface area contributed by atoms with Crippen LogP contribution < -0.4 is 0 Å². The zero-order valence-corrected chi connectivity index (χ0v) is 15.6. The third-order valence-electron chi connectivity index (χ3n) is 4.06. The lowest BCUT2D eigenvalue weighted by Crippen LogP contribution is -2.40. The normalized spacial score (nSPS) is 12.6. The fourth-order valence-electron chi connectivity index (χ4n) is 2.65. The van der Waals surface area contributed by atoms with E-state index in [1.165, 1.54) is 0 Å². The van der Waals surface area contributed by atoms with E-state index in [-0.39, 0.29) is 12.6 Å². The molecule has 4 heteroatoms. The van der Waals surface area contributed by atoms with E-state index >= 15 is 0 Å². The number of rotatable bonds is 18. The Labute approximate surface area is 153 Å². The Morgan fingerprint density at radius 1 is 0.880 bits per heavy atom. The van der Waals surface area contributed by atoms with Gasteiger partial charge in [-0.25, -0.2) is 0 Å². The van der Waals surface area contributed by atoms with Gasteiger partial charge in [0.05, 0.1) is 33.0 Å². The molecular formula is C21H35NO3. The second-order valence-electron chi connectivity index (χ2n) is 6.14. The summed E-state index contributed by atoms with van der Waals surface area (Å²) < 4.78 is 11.3.